The quantitative estimate of drug-likeness (QED) is 0.138. The Morgan fingerprint density at radius 3 is 1.38 bits per heavy atom. The van der Waals surface area contributed by atoms with E-state index in [9.17, 15) is 35.2 Å². The highest BCUT2D eigenvalue weighted by atomic mass is 32.3. The van der Waals surface area contributed by atoms with Gasteiger partial charge in [-0.15, -0.1) is 0 Å². The molecule has 4 nitrogen and oxygen atoms in total. The van der Waals surface area contributed by atoms with Crippen LogP contribution in [-0.4, -0.2) is 19.7 Å². The predicted molar refractivity (Wildman–Crippen MR) is 128 cm³/mol. The standard InChI is InChI=1S/C26H17F5O4S2/c27-20-8-14-23(15-9-20)36(24-16-10-21(28)11-17-24,35-37(33,34)26(29,30)31)22-12-6-19(7-13-22)25(32)18-4-2-1-3-5-18/h1-17H. The van der Waals surface area contributed by atoms with Crippen molar-refractivity contribution >= 4 is 26.2 Å². The van der Waals surface area contributed by atoms with Crippen molar-refractivity contribution < 1.29 is 38.8 Å². The maximum absolute atomic E-state index is 13.7. The molecule has 0 aliphatic heterocycles. The summed E-state index contributed by atoms with van der Waals surface area (Å²) in [6.45, 7) is 0. The lowest BCUT2D eigenvalue weighted by molar-refractivity contribution is -0.0496. The number of carbonyl (C=O) groups excluding carboxylic acids is 1. The van der Waals surface area contributed by atoms with Crippen molar-refractivity contribution in [2.75, 3.05) is 0 Å². The van der Waals surface area contributed by atoms with Crippen molar-refractivity contribution in [1.82, 2.24) is 0 Å². The van der Waals surface area contributed by atoms with Crippen LogP contribution in [0.25, 0.3) is 0 Å². The molecule has 0 atom stereocenters. The molecule has 0 fully saturated rings. The zero-order valence-electron chi connectivity index (χ0n) is 18.7. The fraction of sp³-hybridized carbons (Fsp3) is 0.0385. The third-order valence-electron chi connectivity index (χ3n) is 5.25. The average Bonchev–Trinajstić information content (AvgIpc) is 2.88. The summed E-state index contributed by atoms with van der Waals surface area (Å²) in [6.07, 6.45) is 0. The Morgan fingerprint density at radius 1 is 0.595 bits per heavy atom. The fourth-order valence-corrected chi connectivity index (χ4v) is 8.21. The number of ketones is 1. The monoisotopic (exact) mass is 552 g/mol. The molecule has 37 heavy (non-hydrogen) atoms. The van der Waals surface area contributed by atoms with Crippen LogP contribution in [0.5, 0.6) is 0 Å². The minimum Gasteiger partial charge on any atom is -0.289 e. The van der Waals surface area contributed by atoms with Crippen LogP contribution in [0.2, 0.25) is 0 Å². The summed E-state index contributed by atoms with van der Waals surface area (Å²) in [5.41, 5.74) is -5.24. The molecule has 0 amide bonds. The number of rotatable bonds is 7. The maximum atomic E-state index is 13.7. The lowest BCUT2D eigenvalue weighted by Gasteiger charge is -2.39. The minimum atomic E-state index is -6.21. The van der Waals surface area contributed by atoms with Crippen LogP contribution in [0, 0.1) is 11.6 Å². The molecular weight excluding hydrogens is 535 g/mol. The van der Waals surface area contributed by atoms with Crippen LogP contribution in [0.1, 0.15) is 15.9 Å². The Bertz CT molecular complexity index is 1460. The molecule has 4 aromatic rings. The van der Waals surface area contributed by atoms with Gasteiger partial charge in [0.05, 0.1) is 0 Å². The SMILES string of the molecule is O=C(c1ccccc1)c1ccc(S(OS(=O)(=O)C(F)(F)F)(c2ccc(F)cc2)c2ccc(F)cc2)cc1. The molecule has 0 aliphatic rings. The minimum absolute atomic E-state index is 0.0526. The zero-order valence-corrected chi connectivity index (χ0v) is 20.3. The maximum Gasteiger partial charge on any atom is 0.524 e. The summed E-state index contributed by atoms with van der Waals surface area (Å²) < 4.78 is 97.8. The summed E-state index contributed by atoms with van der Waals surface area (Å²) in [4.78, 5) is 12.6. The van der Waals surface area contributed by atoms with Crippen LogP contribution >= 0.6 is 10.3 Å². The average molecular weight is 553 g/mol. The molecule has 0 saturated carbocycles. The van der Waals surface area contributed by atoms with Gasteiger partial charge in [-0.2, -0.15) is 25.2 Å². The number of halogens is 5. The van der Waals surface area contributed by atoms with E-state index in [1.54, 1.807) is 30.3 Å². The van der Waals surface area contributed by atoms with Gasteiger partial charge < -0.3 is 0 Å². The normalized spacial score (nSPS) is 12.8. The molecule has 0 spiro atoms. The number of benzene rings is 4. The fourth-order valence-electron chi connectivity index (χ4n) is 3.51. The lowest BCUT2D eigenvalue weighted by atomic mass is 10.0. The van der Waals surface area contributed by atoms with Crippen molar-refractivity contribution in [1.29, 1.82) is 0 Å². The van der Waals surface area contributed by atoms with Crippen molar-refractivity contribution in [2.24, 2.45) is 0 Å². The molecule has 0 aliphatic carbocycles. The third kappa shape index (κ3) is 5.29. The second kappa shape index (κ2) is 10.1. The first-order chi connectivity index (χ1) is 17.4. The summed E-state index contributed by atoms with van der Waals surface area (Å²) in [5.74, 6) is -1.82. The molecule has 4 aromatic carbocycles. The number of alkyl halides is 3. The molecule has 4 rings (SSSR count). The van der Waals surface area contributed by atoms with Crippen LogP contribution in [-0.2, 0) is 13.7 Å². The van der Waals surface area contributed by atoms with E-state index >= 15 is 0 Å². The predicted octanol–water partition coefficient (Wildman–Crippen LogP) is 7.26. The van der Waals surface area contributed by atoms with Crippen LogP contribution < -0.4 is 0 Å². The molecule has 0 saturated heterocycles. The smallest absolute Gasteiger partial charge is 0.289 e. The highest BCUT2D eigenvalue weighted by Crippen LogP contribution is 2.70. The van der Waals surface area contributed by atoms with Gasteiger partial charge >= 0.3 is 15.6 Å². The molecule has 0 bridgehead atoms. The van der Waals surface area contributed by atoms with Crippen molar-refractivity contribution in [3.05, 3.63) is 126 Å². The van der Waals surface area contributed by atoms with Crippen molar-refractivity contribution in [3.8, 4) is 0 Å². The second-order valence-corrected chi connectivity index (χ2v) is 12.1. The van der Waals surface area contributed by atoms with Gasteiger partial charge in [0.25, 0.3) is 0 Å². The van der Waals surface area contributed by atoms with Gasteiger partial charge in [0.2, 0.25) is 0 Å². The molecule has 0 radical (unpaired) electrons. The highest BCUT2D eigenvalue weighted by Gasteiger charge is 2.52. The molecule has 11 heteroatoms. The summed E-state index contributed by atoms with van der Waals surface area (Å²) in [5, 5.41) is 0. The lowest BCUT2D eigenvalue weighted by Crippen LogP contribution is -2.27. The van der Waals surface area contributed by atoms with Crippen molar-refractivity contribution in [2.45, 2.75) is 20.2 Å². The van der Waals surface area contributed by atoms with Crippen LogP contribution in [0.15, 0.2) is 118 Å². The Balaban J connectivity index is 1.96. The van der Waals surface area contributed by atoms with Crippen LogP contribution in [0.3, 0.4) is 0 Å². The van der Waals surface area contributed by atoms with E-state index in [4.69, 9.17) is 3.63 Å². The Kier molecular flexibility index (Phi) is 7.22. The zero-order chi connectivity index (χ0) is 26.8. The van der Waals surface area contributed by atoms with Gasteiger partial charge in [-0.25, -0.2) is 8.78 Å². The highest BCUT2D eigenvalue weighted by molar-refractivity contribution is 8.33. The molecule has 192 valence electrons. The van der Waals surface area contributed by atoms with Gasteiger partial charge in [0.1, 0.15) is 11.6 Å². The van der Waals surface area contributed by atoms with E-state index in [0.717, 1.165) is 48.5 Å². The number of carbonyl (C=O) groups is 1. The van der Waals surface area contributed by atoms with Gasteiger partial charge in [-0.3, -0.25) is 4.79 Å². The first kappa shape index (κ1) is 26.5. The first-order valence-electron chi connectivity index (χ1n) is 10.5. The van der Waals surface area contributed by atoms with Crippen molar-refractivity contribution in [3.63, 3.8) is 0 Å². The van der Waals surface area contributed by atoms with E-state index in [-0.39, 0.29) is 26.0 Å². The van der Waals surface area contributed by atoms with E-state index in [1.807, 2.05) is 0 Å². The van der Waals surface area contributed by atoms with Gasteiger partial charge in [0.15, 0.2) is 5.78 Å². The number of hydrogen-bond donors (Lipinski definition) is 0. The second-order valence-electron chi connectivity index (χ2n) is 7.65. The van der Waals surface area contributed by atoms with E-state index in [1.165, 1.54) is 24.3 Å². The Morgan fingerprint density at radius 2 is 0.973 bits per heavy atom. The van der Waals surface area contributed by atoms with Gasteiger partial charge in [0, 0.05) is 25.8 Å². The summed E-state index contributed by atoms with van der Waals surface area (Å²) in [6, 6.07) is 21.6. The first-order valence-corrected chi connectivity index (χ1v) is 13.5. The summed E-state index contributed by atoms with van der Waals surface area (Å²) >= 11 is 0. The van der Waals surface area contributed by atoms with E-state index in [0.29, 0.717) is 5.56 Å². The molecule has 0 aromatic heterocycles. The molecule has 0 N–H and O–H groups in total. The largest absolute Gasteiger partial charge is 0.524 e. The van der Waals surface area contributed by atoms with Gasteiger partial charge in [-0.1, -0.05) is 30.3 Å². The Labute approximate surface area is 211 Å². The van der Waals surface area contributed by atoms with Crippen LogP contribution in [0.4, 0.5) is 22.0 Å². The topological polar surface area (TPSA) is 60.4 Å². The summed E-state index contributed by atoms with van der Waals surface area (Å²) in [7, 11) is -9.97. The van der Waals surface area contributed by atoms with Gasteiger partial charge in [-0.05, 0) is 83.1 Å². The Hall–Kier alpha value is -3.54. The molecule has 0 unspecified atom stereocenters. The molecular formula is C26H17F5O4S2. The van der Waals surface area contributed by atoms with E-state index < -0.39 is 37.6 Å². The molecule has 0 heterocycles. The number of hydrogen-bond acceptors (Lipinski definition) is 4. The third-order valence-corrected chi connectivity index (χ3v) is 10.2. The van der Waals surface area contributed by atoms with E-state index in [2.05, 4.69) is 0 Å².